The maximum atomic E-state index is 13.3. The van der Waals surface area contributed by atoms with Crippen LogP contribution >= 0.6 is 0 Å². The summed E-state index contributed by atoms with van der Waals surface area (Å²) in [6, 6.07) is 7.28. The van der Waals surface area contributed by atoms with Crippen LogP contribution in [0.4, 0.5) is 4.39 Å². The van der Waals surface area contributed by atoms with Gasteiger partial charge < -0.3 is 9.72 Å². The van der Waals surface area contributed by atoms with Crippen molar-refractivity contribution in [3.8, 4) is 22.9 Å². The second kappa shape index (κ2) is 4.72. The summed E-state index contributed by atoms with van der Waals surface area (Å²) in [7, 11) is 1.44. The van der Waals surface area contributed by atoms with E-state index in [0.29, 0.717) is 16.9 Å². The fourth-order valence-electron chi connectivity index (χ4n) is 1.70. The maximum absolute atomic E-state index is 13.3. The lowest BCUT2D eigenvalue weighted by molar-refractivity contribution is 0.415. The van der Waals surface area contributed by atoms with E-state index < -0.39 is 11.4 Å². The Morgan fingerprint density at radius 3 is 2.78 bits per heavy atom. The van der Waals surface area contributed by atoms with Gasteiger partial charge in [-0.3, -0.25) is 4.79 Å². The van der Waals surface area contributed by atoms with E-state index in [4.69, 9.17) is 10.00 Å². The molecule has 0 fully saturated rings. The minimum Gasteiger partial charge on any atom is -0.496 e. The van der Waals surface area contributed by atoms with E-state index in [1.807, 2.05) is 6.07 Å². The second-order valence-electron chi connectivity index (χ2n) is 3.55. The van der Waals surface area contributed by atoms with Crippen LogP contribution < -0.4 is 10.3 Å². The smallest absolute Gasteiger partial charge is 0.266 e. The third-order valence-electron chi connectivity index (χ3n) is 2.52. The highest BCUT2D eigenvalue weighted by Gasteiger charge is 2.13. The molecule has 2 aromatic rings. The largest absolute Gasteiger partial charge is 0.496 e. The lowest BCUT2D eigenvalue weighted by Crippen LogP contribution is -2.10. The number of aromatic amines is 1. The predicted molar refractivity (Wildman–Crippen MR) is 63.7 cm³/mol. The molecule has 0 aliphatic carbocycles. The van der Waals surface area contributed by atoms with Crippen molar-refractivity contribution in [3.63, 3.8) is 0 Å². The Balaban J connectivity index is 2.77. The number of nitrogens with zero attached hydrogens (tertiary/aromatic N) is 1. The van der Waals surface area contributed by atoms with Crippen molar-refractivity contribution in [1.82, 2.24) is 4.98 Å². The number of rotatable bonds is 2. The van der Waals surface area contributed by atoms with E-state index in [1.54, 1.807) is 0 Å². The Morgan fingerprint density at radius 2 is 2.11 bits per heavy atom. The lowest BCUT2D eigenvalue weighted by Gasteiger charge is -2.09. The van der Waals surface area contributed by atoms with Crippen molar-refractivity contribution >= 4 is 0 Å². The van der Waals surface area contributed by atoms with Crippen LogP contribution in [0.15, 0.2) is 35.3 Å². The average molecular weight is 244 g/mol. The van der Waals surface area contributed by atoms with Crippen LogP contribution in [0.25, 0.3) is 11.1 Å². The molecule has 1 heterocycles. The number of hydrogen-bond acceptors (Lipinski definition) is 3. The van der Waals surface area contributed by atoms with Gasteiger partial charge in [0, 0.05) is 17.3 Å². The van der Waals surface area contributed by atoms with Gasteiger partial charge in [-0.15, -0.1) is 0 Å². The van der Waals surface area contributed by atoms with Crippen molar-refractivity contribution in [2.24, 2.45) is 0 Å². The van der Waals surface area contributed by atoms with Crippen molar-refractivity contribution < 1.29 is 9.13 Å². The molecule has 5 heteroatoms. The van der Waals surface area contributed by atoms with E-state index in [0.717, 1.165) is 0 Å². The minimum absolute atomic E-state index is 0.0681. The first-order valence-electron chi connectivity index (χ1n) is 5.13. The first-order chi connectivity index (χ1) is 8.67. The van der Waals surface area contributed by atoms with Crippen LogP contribution in [0.1, 0.15) is 5.56 Å². The maximum Gasteiger partial charge on any atom is 0.266 e. The van der Waals surface area contributed by atoms with Gasteiger partial charge >= 0.3 is 0 Å². The van der Waals surface area contributed by atoms with E-state index in [1.165, 1.54) is 37.6 Å². The van der Waals surface area contributed by atoms with Crippen LogP contribution in [0.5, 0.6) is 5.75 Å². The summed E-state index contributed by atoms with van der Waals surface area (Å²) in [5.74, 6) is -0.0616. The van der Waals surface area contributed by atoms with Gasteiger partial charge in [-0.2, -0.15) is 5.26 Å². The number of ether oxygens (including phenoxy) is 1. The second-order valence-corrected chi connectivity index (χ2v) is 3.55. The molecular formula is C13H9FN2O2. The molecule has 0 unspecified atom stereocenters. The SMILES string of the molecule is COc1ccc(F)cc1-c1cc[nH]c(=O)c1C#N. The number of hydrogen-bond donors (Lipinski definition) is 1. The molecular weight excluding hydrogens is 235 g/mol. The number of aromatic nitrogens is 1. The molecule has 0 aliphatic rings. The molecule has 0 saturated heterocycles. The zero-order chi connectivity index (χ0) is 13.1. The summed E-state index contributed by atoms with van der Waals surface area (Å²) < 4.78 is 18.4. The monoisotopic (exact) mass is 244 g/mol. The highest BCUT2D eigenvalue weighted by Crippen LogP contribution is 2.31. The van der Waals surface area contributed by atoms with E-state index in [2.05, 4.69) is 4.98 Å². The topological polar surface area (TPSA) is 65.9 Å². The summed E-state index contributed by atoms with van der Waals surface area (Å²) in [6.07, 6.45) is 1.41. The molecule has 0 spiro atoms. The predicted octanol–water partition coefficient (Wildman–Crippen LogP) is 2.06. The van der Waals surface area contributed by atoms with E-state index in [9.17, 15) is 9.18 Å². The average Bonchev–Trinajstić information content (AvgIpc) is 2.38. The summed E-state index contributed by atoms with van der Waals surface area (Å²) in [5.41, 5.74) is 0.139. The van der Waals surface area contributed by atoms with Crippen molar-refractivity contribution in [1.29, 1.82) is 5.26 Å². The van der Waals surface area contributed by atoms with Gasteiger partial charge in [0.15, 0.2) is 0 Å². The molecule has 0 saturated carbocycles. The Hall–Kier alpha value is -2.61. The molecule has 0 radical (unpaired) electrons. The normalized spacial score (nSPS) is 9.83. The first kappa shape index (κ1) is 11.9. The summed E-state index contributed by atoms with van der Waals surface area (Å²) in [4.78, 5) is 13.9. The van der Waals surface area contributed by atoms with Crippen LogP contribution in [0.3, 0.4) is 0 Å². The molecule has 1 aromatic heterocycles. The number of nitrogens with one attached hydrogen (secondary N) is 1. The van der Waals surface area contributed by atoms with Gasteiger partial charge in [-0.05, 0) is 24.3 Å². The van der Waals surface area contributed by atoms with Gasteiger partial charge in [0.2, 0.25) is 0 Å². The third kappa shape index (κ3) is 1.96. The number of H-pyrrole nitrogens is 1. The summed E-state index contributed by atoms with van der Waals surface area (Å²) in [5, 5.41) is 8.99. The molecule has 18 heavy (non-hydrogen) atoms. The van der Waals surface area contributed by atoms with Crippen LogP contribution in [-0.4, -0.2) is 12.1 Å². The molecule has 2 rings (SSSR count). The lowest BCUT2D eigenvalue weighted by atomic mass is 10.0. The quantitative estimate of drug-likeness (QED) is 0.879. The summed E-state index contributed by atoms with van der Waals surface area (Å²) in [6.45, 7) is 0. The number of halogens is 1. The molecule has 0 amide bonds. The van der Waals surface area contributed by atoms with Crippen LogP contribution in [-0.2, 0) is 0 Å². The fraction of sp³-hybridized carbons (Fsp3) is 0.0769. The zero-order valence-corrected chi connectivity index (χ0v) is 9.53. The molecule has 4 nitrogen and oxygen atoms in total. The molecule has 0 bridgehead atoms. The Kier molecular flexibility index (Phi) is 3.11. The van der Waals surface area contributed by atoms with E-state index in [-0.39, 0.29) is 5.56 Å². The fourth-order valence-corrected chi connectivity index (χ4v) is 1.70. The number of benzene rings is 1. The zero-order valence-electron chi connectivity index (χ0n) is 9.53. The van der Waals surface area contributed by atoms with Gasteiger partial charge in [0.1, 0.15) is 23.2 Å². The minimum atomic E-state index is -0.513. The molecule has 1 aromatic carbocycles. The van der Waals surface area contributed by atoms with Crippen molar-refractivity contribution in [2.45, 2.75) is 0 Å². The standard InChI is InChI=1S/C13H9FN2O2/c1-18-12-3-2-8(14)6-10(12)9-4-5-16-13(17)11(9)7-15/h2-6H,1H3,(H,16,17). The molecule has 90 valence electrons. The Bertz CT molecular complexity index is 686. The van der Waals surface area contributed by atoms with Crippen molar-refractivity contribution in [2.75, 3.05) is 7.11 Å². The highest BCUT2D eigenvalue weighted by molar-refractivity contribution is 5.75. The summed E-state index contributed by atoms with van der Waals surface area (Å²) >= 11 is 0. The molecule has 0 aliphatic heterocycles. The number of pyridine rings is 1. The highest BCUT2D eigenvalue weighted by atomic mass is 19.1. The Morgan fingerprint density at radius 1 is 1.33 bits per heavy atom. The Labute approximate surface area is 102 Å². The van der Waals surface area contributed by atoms with Gasteiger partial charge in [0.05, 0.1) is 7.11 Å². The number of nitriles is 1. The number of methoxy groups -OCH3 is 1. The first-order valence-corrected chi connectivity index (χ1v) is 5.13. The molecule has 1 N–H and O–H groups in total. The van der Waals surface area contributed by atoms with Crippen LogP contribution in [0, 0.1) is 17.1 Å². The van der Waals surface area contributed by atoms with Gasteiger partial charge in [-0.25, -0.2) is 4.39 Å². The van der Waals surface area contributed by atoms with Crippen molar-refractivity contribution in [3.05, 3.63) is 52.2 Å². The van der Waals surface area contributed by atoms with Crippen LogP contribution in [0.2, 0.25) is 0 Å². The van der Waals surface area contributed by atoms with E-state index >= 15 is 0 Å². The van der Waals surface area contributed by atoms with Gasteiger partial charge in [0.25, 0.3) is 5.56 Å². The van der Waals surface area contributed by atoms with Gasteiger partial charge in [-0.1, -0.05) is 0 Å². The third-order valence-corrected chi connectivity index (χ3v) is 2.52. The molecule has 0 atom stereocenters.